The molecule has 0 saturated heterocycles. The van der Waals surface area contributed by atoms with Gasteiger partial charge in [0.2, 0.25) is 5.12 Å². The minimum atomic E-state index is -4.36. The molecule has 1 aliphatic rings. The van der Waals surface area contributed by atoms with Gasteiger partial charge in [-0.3, -0.25) is 9.79 Å². The average molecular weight is 353 g/mol. The summed E-state index contributed by atoms with van der Waals surface area (Å²) in [5.74, 6) is 0.821. The summed E-state index contributed by atoms with van der Waals surface area (Å²) in [7, 11) is 0.238. The molecule has 0 aliphatic carbocycles. The Morgan fingerprint density at radius 1 is 1.12 bits per heavy atom. The zero-order chi connectivity index (χ0) is 17.3. The van der Waals surface area contributed by atoms with Crippen LogP contribution < -0.4 is 4.74 Å². The van der Waals surface area contributed by atoms with Crippen molar-refractivity contribution in [3.8, 4) is 5.75 Å². The van der Waals surface area contributed by atoms with Gasteiger partial charge >= 0.3 is 6.18 Å². The standard InChI is InChI=1S/C17H14F3NO2S/c1-23-14-4-2-3-13-15(14)16(22)24(10-21-13)9-11-5-7-12(8-6-11)17(18,19)20/h2-8,10,24H,9H2,1H3. The molecule has 0 fully saturated rings. The summed E-state index contributed by atoms with van der Waals surface area (Å²) >= 11 is 0. The molecule has 0 amide bonds. The summed E-state index contributed by atoms with van der Waals surface area (Å²) in [4.78, 5) is 17.0. The van der Waals surface area contributed by atoms with E-state index in [-0.39, 0.29) is 5.12 Å². The maximum atomic E-state index is 12.7. The topological polar surface area (TPSA) is 38.7 Å². The van der Waals surface area contributed by atoms with Crippen molar-refractivity contribution in [3.63, 3.8) is 0 Å². The average Bonchev–Trinajstić information content (AvgIpc) is 2.56. The fraction of sp³-hybridized carbons (Fsp3) is 0.176. The number of carbonyl (C=O) groups excluding carboxylic acids is 1. The molecule has 1 atom stereocenters. The van der Waals surface area contributed by atoms with Crippen LogP contribution in [0.25, 0.3) is 0 Å². The fourth-order valence-electron chi connectivity index (χ4n) is 2.45. The van der Waals surface area contributed by atoms with Crippen LogP contribution in [0, 0.1) is 0 Å². The number of hydrogen-bond acceptors (Lipinski definition) is 3. The number of methoxy groups -OCH3 is 1. The van der Waals surface area contributed by atoms with Crippen molar-refractivity contribution in [2.24, 2.45) is 4.99 Å². The first kappa shape index (κ1) is 16.6. The molecule has 3 nitrogen and oxygen atoms in total. The Hall–Kier alpha value is -2.28. The first-order valence-corrected chi connectivity index (χ1v) is 8.68. The van der Waals surface area contributed by atoms with Gasteiger partial charge in [-0.05, 0) is 29.8 Å². The summed E-state index contributed by atoms with van der Waals surface area (Å²) in [5, 5.41) is -0.0765. The van der Waals surface area contributed by atoms with Crippen LogP contribution in [0.4, 0.5) is 18.9 Å². The molecule has 0 N–H and O–H groups in total. The highest BCUT2D eigenvalue weighted by atomic mass is 32.2. The molecule has 0 bridgehead atoms. The van der Waals surface area contributed by atoms with Gasteiger partial charge in [-0.25, -0.2) is 0 Å². The van der Waals surface area contributed by atoms with Crippen LogP contribution in [0.1, 0.15) is 21.5 Å². The smallest absolute Gasteiger partial charge is 0.416 e. The highest BCUT2D eigenvalue weighted by Gasteiger charge is 2.30. The summed E-state index contributed by atoms with van der Waals surface area (Å²) in [5.41, 5.74) is 2.59. The van der Waals surface area contributed by atoms with E-state index in [1.165, 1.54) is 19.2 Å². The van der Waals surface area contributed by atoms with Gasteiger partial charge in [-0.15, -0.1) is 10.9 Å². The van der Waals surface area contributed by atoms with Crippen molar-refractivity contribution >= 4 is 27.2 Å². The lowest BCUT2D eigenvalue weighted by atomic mass is 10.1. The number of alkyl halides is 3. The Morgan fingerprint density at radius 2 is 1.83 bits per heavy atom. The molecule has 126 valence electrons. The molecule has 3 rings (SSSR count). The summed E-state index contributed by atoms with van der Waals surface area (Å²) in [6.07, 6.45) is -4.36. The van der Waals surface area contributed by atoms with E-state index in [0.717, 1.165) is 12.1 Å². The van der Waals surface area contributed by atoms with Crippen molar-refractivity contribution in [1.82, 2.24) is 0 Å². The first-order chi connectivity index (χ1) is 11.4. The predicted molar refractivity (Wildman–Crippen MR) is 89.6 cm³/mol. The molecule has 0 radical (unpaired) electrons. The van der Waals surface area contributed by atoms with E-state index in [1.807, 2.05) is 0 Å². The number of rotatable bonds is 3. The molecule has 1 heterocycles. The quantitative estimate of drug-likeness (QED) is 0.810. The zero-order valence-corrected chi connectivity index (χ0v) is 13.6. The van der Waals surface area contributed by atoms with Gasteiger partial charge < -0.3 is 4.74 Å². The largest absolute Gasteiger partial charge is 0.496 e. The molecule has 24 heavy (non-hydrogen) atoms. The van der Waals surface area contributed by atoms with Crippen molar-refractivity contribution in [2.45, 2.75) is 11.9 Å². The van der Waals surface area contributed by atoms with Crippen LogP contribution in [0.15, 0.2) is 47.5 Å². The van der Waals surface area contributed by atoms with Crippen molar-refractivity contribution in [3.05, 3.63) is 59.2 Å². The van der Waals surface area contributed by atoms with Crippen LogP contribution in [-0.4, -0.2) is 17.8 Å². The monoisotopic (exact) mass is 353 g/mol. The molecule has 0 aromatic heterocycles. The van der Waals surface area contributed by atoms with Crippen LogP contribution in [-0.2, 0) is 11.9 Å². The number of hydrogen-bond donors (Lipinski definition) is 1. The van der Waals surface area contributed by atoms with Crippen molar-refractivity contribution < 1.29 is 22.7 Å². The molecule has 1 unspecified atom stereocenters. The second-order valence-electron chi connectivity index (χ2n) is 5.23. The van der Waals surface area contributed by atoms with E-state index < -0.39 is 22.6 Å². The molecule has 1 aliphatic heterocycles. The van der Waals surface area contributed by atoms with Gasteiger partial charge in [0.1, 0.15) is 5.75 Å². The minimum absolute atomic E-state index is 0.0765. The van der Waals surface area contributed by atoms with Gasteiger partial charge in [0.15, 0.2) is 0 Å². The highest BCUT2D eigenvalue weighted by Crippen LogP contribution is 2.43. The SMILES string of the molecule is COc1cccc2c1C(=O)[SH](Cc1ccc(C(F)(F)F)cc1)C=N2. The number of nitrogens with zero attached hydrogens (tertiary/aromatic N) is 1. The van der Waals surface area contributed by atoms with E-state index in [4.69, 9.17) is 4.74 Å². The molecule has 2 aromatic carbocycles. The predicted octanol–water partition coefficient (Wildman–Crippen LogP) is 4.73. The fourth-order valence-corrected chi connectivity index (χ4v) is 4.16. The third-order valence-corrected chi connectivity index (χ3v) is 5.51. The number of ether oxygens (including phenoxy) is 1. The highest BCUT2D eigenvalue weighted by molar-refractivity contribution is 8.39. The van der Waals surface area contributed by atoms with Crippen molar-refractivity contribution in [2.75, 3.05) is 7.11 Å². The number of benzene rings is 2. The van der Waals surface area contributed by atoms with Crippen LogP contribution >= 0.6 is 10.9 Å². The Balaban J connectivity index is 1.83. The minimum Gasteiger partial charge on any atom is -0.496 e. The number of thiol groups is 1. The molecule has 7 heteroatoms. The number of fused-ring (bicyclic) bond motifs is 1. The van der Waals surface area contributed by atoms with Crippen molar-refractivity contribution in [1.29, 1.82) is 0 Å². The number of aliphatic imine (C=N–C) groups is 1. The second-order valence-corrected chi connectivity index (χ2v) is 7.12. The van der Waals surface area contributed by atoms with E-state index >= 15 is 0 Å². The molecule has 2 aromatic rings. The third kappa shape index (κ3) is 3.17. The van der Waals surface area contributed by atoms with Crippen LogP contribution in [0.2, 0.25) is 0 Å². The van der Waals surface area contributed by atoms with Gasteiger partial charge in [0.05, 0.1) is 23.9 Å². The maximum absolute atomic E-state index is 12.7. The Kier molecular flexibility index (Phi) is 4.36. The second kappa shape index (κ2) is 6.32. The summed E-state index contributed by atoms with van der Waals surface area (Å²) in [6.45, 7) is 0. The van der Waals surface area contributed by atoms with Gasteiger partial charge in [-0.2, -0.15) is 13.2 Å². The normalized spacial score (nSPS) is 18.3. The Morgan fingerprint density at radius 3 is 2.46 bits per heavy atom. The molecule has 0 spiro atoms. The molecular formula is C17H14F3NO2S. The van der Waals surface area contributed by atoms with E-state index in [1.54, 1.807) is 23.7 Å². The number of carbonyl (C=O) groups is 1. The zero-order valence-electron chi connectivity index (χ0n) is 12.7. The van der Waals surface area contributed by atoms with E-state index in [2.05, 4.69) is 4.99 Å². The lowest BCUT2D eigenvalue weighted by molar-refractivity contribution is -0.137. The molecular weight excluding hydrogens is 339 g/mol. The van der Waals surface area contributed by atoms with Gasteiger partial charge in [0.25, 0.3) is 0 Å². The van der Waals surface area contributed by atoms with E-state index in [0.29, 0.717) is 28.3 Å². The van der Waals surface area contributed by atoms with Gasteiger partial charge in [-0.1, -0.05) is 18.2 Å². The first-order valence-electron chi connectivity index (χ1n) is 7.08. The lowest BCUT2D eigenvalue weighted by Gasteiger charge is -2.22. The van der Waals surface area contributed by atoms with Crippen LogP contribution in [0.3, 0.4) is 0 Å². The third-order valence-electron chi connectivity index (χ3n) is 3.67. The maximum Gasteiger partial charge on any atom is 0.416 e. The Labute approximate surface area is 139 Å². The van der Waals surface area contributed by atoms with Gasteiger partial charge in [0, 0.05) is 11.3 Å². The summed E-state index contributed by atoms with van der Waals surface area (Å²) < 4.78 is 43.0. The summed E-state index contributed by atoms with van der Waals surface area (Å²) in [6, 6.07) is 10.1. The van der Waals surface area contributed by atoms with E-state index in [9.17, 15) is 18.0 Å². The van der Waals surface area contributed by atoms with Crippen LogP contribution in [0.5, 0.6) is 5.75 Å². The number of halogens is 3. The Bertz CT molecular complexity index is 800. The lowest BCUT2D eigenvalue weighted by Crippen LogP contribution is -2.10. The molecule has 0 saturated carbocycles.